The van der Waals surface area contributed by atoms with E-state index >= 15 is 0 Å². The summed E-state index contributed by atoms with van der Waals surface area (Å²) < 4.78 is 44.0. The molecule has 0 saturated heterocycles. The van der Waals surface area contributed by atoms with Crippen molar-refractivity contribution in [3.05, 3.63) is 86.7 Å². The number of nitrogens with zero attached hydrogens (tertiary/aromatic N) is 1. The molecule has 35 heavy (non-hydrogen) atoms. The van der Waals surface area contributed by atoms with Gasteiger partial charge in [-0.3, -0.25) is 4.79 Å². The largest absolute Gasteiger partial charge is 0.458 e. The highest BCUT2D eigenvalue weighted by Gasteiger charge is 2.36. The van der Waals surface area contributed by atoms with E-state index in [9.17, 15) is 28.0 Å². The van der Waals surface area contributed by atoms with Crippen molar-refractivity contribution < 1.29 is 27.5 Å². The van der Waals surface area contributed by atoms with Gasteiger partial charge in [0, 0.05) is 16.3 Å². The lowest BCUT2D eigenvalue weighted by Gasteiger charge is -2.28. The van der Waals surface area contributed by atoms with E-state index in [-0.39, 0.29) is 29.2 Å². The monoisotopic (exact) mass is 519 g/mol. The molecule has 2 heterocycles. The van der Waals surface area contributed by atoms with Gasteiger partial charge in [-0.2, -0.15) is 18.4 Å². The molecule has 1 atom stereocenters. The van der Waals surface area contributed by atoms with Crippen molar-refractivity contribution in [3.8, 4) is 6.07 Å². The van der Waals surface area contributed by atoms with E-state index in [1.165, 1.54) is 29.5 Å². The number of hydrogen-bond acceptors (Lipinski definition) is 7. The fraction of sp³-hybridized carbons (Fsp3) is 0.208. The maximum atomic E-state index is 12.9. The number of amides is 1. The van der Waals surface area contributed by atoms with Gasteiger partial charge in [0.15, 0.2) is 0 Å². The van der Waals surface area contributed by atoms with Crippen molar-refractivity contribution in [2.45, 2.75) is 19.0 Å². The summed E-state index contributed by atoms with van der Waals surface area (Å²) in [7, 11) is 0. The first-order valence-electron chi connectivity index (χ1n) is 10.2. The van der Waals surface area contributed by atoms with Crippen LogP contribution in [0.5, 0.6) is 0 Å². The first-order chi connectivity index (χ1) is 16.7. The molecule has 182 valence electrons. The Balaban J connectivity index is 1.81. The second-order valence-electron chi connectivity index (χ2n) is 7.27. The van der Waals surface area contributed by atoms with Crippen LogP contribution in [-0.4, -0.2) is 24.2 Å². The van der Waals surface area contributed by atoms with E-state index in [1.807, 2.05) is 5.38 Å². The number of ether oxygens (including phenoxy) is 1. The van der Waals surface area contributed by atoms with Crippen molar-refractivity contribution in [2.75, 3.05) is 17.7 Å². The number of halogens is 3. The zero-order valence-electron chi connectivity index (χ0n) is 18.4. The molecule has 0 radical (unpaired) electrons. The maximum Gasteiger partial charge on any atom is 0.416 e. The van der Waals surface area contributed by atoms with Gasteiger partial charge >= 0.3 is 12.1 Å². The molecule has 1 unspecified atom stereocenters. The van der Waals surface area contributed by atoms with Crippen LogP contribution in [0.15, 0.2) is 76.3 Å². The van der Waals surface area contributed by atoms with Gasteiger partial charge in [0.1, 0.15) is 6.61 Å². The molecule has 1 aromatic heterocycles. The number of nitrogens with one attached hydrogen (secondary N) is 2. The number of benzene rings is 1. The Kier molecular flexibility index (Phi) is 8.43. The Morgan fingerprint density at radius 1 is 1.34 bits per heavy atom. The normalized spacial score (nSPS) is 15.8. The number of esters is 1. The predicted molar refractivity (Wildman–Crippen MR) is 129 cm³/mol. The number of thioether (sulfide) groups is 1. The first kappa shape index (κ1) is 26.1. The molecule has 1 amide bonds. The summed E-state index contributed by atoms with van der Waals surface area (Å²) in [6.07, 6.45) is -3.09. The number of carbonyl (C=O) groups excluding carboxylic acids is 2. The van der Waals surface area contributed by atoms with Crippen LogP contribution in [0.4, 0.5) is 18.9 Å². The zero-order chi connectivity index (χ0) is 25.6. The van der Waals surface area contributed by atoms with Crippen molar-refractivity contribution in [2.24, 2.45) is 0 Å². The van der Waals surface area contributed by atoms with Crippen molar-refractivity contribution in [1.29, 1.82) is 5.26 Å². The lowest BCUT2D eigenvalue weighted by Crippen LogP contribution is -2.29. The van der Waals surface area contributed by atoms with E-state index < -0.39 is 29.5 Å². The average molecular weight is 520 g/mol. The molecule has 1 aliphatic rings. The quantitative estimate of drug-likeness (QED) is 0.350. The lowest BCUT2D eigenvalue weighted by molar-refractivity contribution is -0.138. The van der Waals surface area contributed by atoms with E-state index in [0.29, 0.717) is 10.7 Å². The fourth-order valence-electron chi connectivity index (χ4n) is 3.36. The van der Waals surface area contributed by atoms with Crippen molar-refractivity contribution in [3.63, 3.8) is 0 Å². The zero-order valence-corrected chi connectivity index (χ0v) is 20.1. The van der Waals surface area contributed by atoms with Gasteiger partial charge < -0.3 is 15.4 Å². The second-order valence-corrected chi connectivity index (χ2v) is 9.23. The number of anilines is 1. The smallest absolute Gasteiger partial charge is 0.416 e. The molecule has 0 spiro atoms. The van der Waals surface area contributed by atoms with Crippen molar-refractivity contribution >= 4 is 40.7 Å². The third-order valence-corrected chi connectivity index (χ3v) is 6.80. The van der Waals surface area contributed by atoms with Crippen LogP contribution in [0.2, 0.25) is 0 Å². The molecular formula is C24H20F3N3O3S2. The van der Waals surface area contributed by atoms with E-state index in [2.05, 4.69) is 23.3 Å². The Bertz CT molecular complexity index is 1230. The Labute approximate surface area is 208 Å². The highest BCUT2D eigenvalue weighted by Crippen LogP contribution is 2.42. The summed E-state index contributed by atoms with van der Waals surface area (Å²) >= 11 is 2.39. The summed E-state index contributed by atoms with van der Waals surface area (Å²) in [6, 6.07) is 10.1. The number of allylic oxidation sites excluding steroid dienone is 2. The molecule has 6 nitrogen and oxygen atoms in total. The number of dihydropyridines is 1. The molecular weight excluding hydrogens is 499 g/mol. The summed E-state index contributed by atoms with van der Waals surface area (Å²) in [6.45, 7) is 5.21. The number of hydrogen-bond donors (Lipinski definition) is 2. The third kappa shape index (κ3) is 6.35. The minimum atomic E-state index is -4.53. The number of nitriles is 1. The number of alkyl halides is 3. The predicted octanol–water partition coefficient (Wildman–Crippen LogP) is 5.56. The van der Waals surface area contributed by atoms with Crippen LogP contribution < -0.4 is 10.6 Å². The maximum absolute atomic E-state index is 12.9. The van der Waals surface area contributed by atoms with Crippen LogP contribution in [0.3, 0.4) is 0 Å². The molecule has 0 bridgehead atoms. The molecule has 0 saturated carbocycles. The molecule has 1 aliphatic heterocycles. The van der Waals surface area contributed by atoms with Crippen LogP contribution in [0.25, 0.3) is 0 Å². The number of rotatable bonds is 8. The fourth-order valence-corrected chi connectivity index (χ4v) is 5.09. The van der Waals surface area contributed by atoms with Crippen LogP contribution in [0, 0.1) is 11.3 Å². The summed E-state index contributed by atoms with van der Waals surface area (Å²) in [5, 5.41) is 17.6. The average Bonchev–Trinajstić information content (AvgIpc) is 3.35. The van der Waals surface area contributed by atoms with Crippen LogP contribution >= 0.6 is 23.1 Å². The van der Waals surface area contributed by atoms with Gasteiger partial charge in [-0.25, -0.2) is 4.79 Å². The summed E-state index contributed by atoms with van der Waals surface area (Å²) in [5.74, 6) is -2.00. The van der Waals surface area contributed by atoms with Gasteiger partial charge in [0.05, 0.1) is 39.5 Å². The second kappa shape index (κ2) is 11.3. The van der Waals surface area contributed by atoms with Crippen molar-refractivity contribution in [1.82, 2.24) is 5.32 Å². The molecule has 2 aromatic rings. The van der Waals surface area contributed by atoms with Gasteiger partial charge in [-0.15, -0.1) is 11.3 Å². The van der Waals surface area contributed by atoms with Gasteiger partial charge in [-0.1, -0.05) is 36.5 Å². The van der Waals surface area contributed by atoms with Gasteiger partial charge in [0.2, 0.25) is 5.91 Å². The van der Waals surface area contributed by atoms with Gasteiger partial charge in [0.25, 0.3) is 0 Å². The van der Waals surface area contributed by atoms with E-state index in [4.69, 9.17) is 4.74 Å². The minimum Gasteiger partial charge on any atom is -0.458 e. The number of carbonyl (C=O) groups is 2. The highest BCUT2D eigenvalue weighted by atomic mass is 32.2. The molecule has 0 aliphatic carbocycles. The Morgan fingerprint density at radius 2 is 2.11 bits per heavy atom. The molecule has 11 heteroatoms. The van der Waals surface area contributed by atoms with Crippen LogP contribution in [0.1, 0.15) is 23.3 Å². The third-order valence-electron chi connectivity index (χ3n) is 4.85. The molecule has 0 fully saturated rings. The Morgan fingerprint density at radius 3 is 2.74 bits per heavy atom. The molecule has 2 N–H and O–H groups in total. The highest BCUT2D eigenvalue weighted by molar-refractivity contribution is 8.03. The van der Waals surface area contributed by atoms with Gasteiger partial charge in [-0.05, 0) is 36.6 Å². The first-order valence-corrected chi connectivity index (χ1v) is 12.1. The SMILES string of the molecule is C=CCOC(=O)C1=C(C)NC(SCC(=O)Nc2cccc(C(F)(F)F)c2)=C(C#N)C1c1cccs1. The summed E-state index contributed by atoms with van der Waals surface area (Å²) in [5.41, 5.74) is 0.124. The van der Waals surface area contributed by atoms with E-state index in [1.54, 1.807) is 19.1 Å². The standard InChI is InChI=1S/C24H20F3N3O3S2/c1-3-9-33-23(32)20-14(2)29-22(17(12-28)21(20)18-8-5-10-34-18)35-13-19(31)30-16-7-4-6-15(11-16)24(25,26)27/h3-8,10-11,21,29H,1,9,13H2,2H3,(H,30,31). The van der Waals surface area contributed by atoms with E-state index in [0.717, 1.165) is 28.8 Å². The topological polar surface area (TPSA) is 91.2 Å². The van der Waals surface area contributed by atoms with Crippen LogP contribution in [-0.2, 0) is 20.5 Å². The number of thiophene rings is 1. The lowest BCUT2D eigenvalue weighted by atomic mass is 9.87. The molecule has 1 aromatic carbocycles. The summed E-state index contributed by atoms with van der Waals surface area (Å²) in [4.78, 5) is 26.0. The molecule has 3 rings (SSSR count). The minimum absolute atomic E-state index is 0.00962. The Hall–Kier alpha value is -3.49.